The van der Waals surface area contributed by atoms with Crippen molar-refractivity contribution in [1.82, 2.24) is 0 Å². The number of nitro groups is 1. The van der Waals surface area contributed by atoms with Gasteiger partial charge in [0.25, 0.3) is 5.69 Å². The van der Waals surface area contributed by atoms with Gasteiger partial charge in [-0.15, -0.1) is 0 Å². The molecule has 0 unspecified atom stereocenters. The third kappa shape index (κ3) is 2.16. The van der Waals surface area contributed by atoms with Gasteiger partial charge in [-0.05, 0) is 15.9 Å². The standard InChI is InChI=1S/C7H4BrF2NO3/c8-7-5(11(12)13)1-4(10)2-6(7)14-3-9/h1-2H,3H2. The Morgan fingerprint density at radius 3 is 2.71 bits per heavy atom. The second-order valence-electron chi connectivity index (χ2n) is 2.25. The minimum absolute atomic E-state index is 0.0819. The van der Waals surface area contributed by atoms with Crippen molar-refractivity contribution in [2.75, 3.05) is 6.86 Å². The van der Waals surface area contributed by atoms with Gasteiger partial charge in [-0.3, -0.25) is 10.1 Å². The summed E-state index contributed by atoms with van der Waals surface area (Å²) in [5.74, 6) is -1.09. The van der Waals surface area contributed by atoms with E-state index in [0.717, 1.165) is 12.1 Å². The average Bonchev–Trinajstić information content (AvgIpc) is 2.10. The van der Waals surface area contributed by atoms with Gasteiger partial charge in [0, 0.05) is 6.07 Å². The Labute approximate surface area is 85.8 Å². The Morgan fingerprint density at radius 1 is 1.57 bits per heavy atom. The Balaban J connectivity index is 3.24. The molecule has 1 aromatic carbocycles. The molecule has 76 valence electrons. The molecule has 4 nitrogen and oxygen atoms in total. The third-order valence-corrected chi connectivity index (χ3v) is 2.19. The highest BCUT2D eigenvalue weighted by molar-refractivity contribution is 9.10. The zero-order valence-electron chi connectivity index (χ0n) is 6.67. The molecule has 0 N–H and O–H groups in total. The summed E-state index contributed by atoms with van der Waals surface area (Å²) in [5.41, 5.74) is -0.506. The molecule has 1 aromatic rings. The maximum atomic E-state index is 12.8. The largest absolute Gasteiger partial charge is 0.461 e. The fraction of sp³-hybridized carbons (Fsp3) is 0.143. The second-order valence-corrected chi connectivity index (χ2v) is 3.04. The summed E-state index contributed by atoms with van der Waals surface area (Å²) in [4.78, 5) is 9.60. The summed E-state index contributed by atoms with van der Waals surface area (Å²) < 4.78 is 28.8. The highest BCUT2D eigenvalue weighted by Gasteiger charge is 2.18. The average molecular weight is 268 g/mol. The van der Waals surface area contributed by atoms with Gasteiger partial charge in [0.2, 0.25) is 6.86 Å². The Morgan fingerprint density at radius 2 is 2.21 bits per heavy atom. The van der Waals surface area contributed by atoms with E-state index in [9.17, 15) is 18.9 Å². The van der Waals surface area contributed by atoms with E-state index in [-0.39, 0.29) is 10.2 Å². The van der Waals surface area contributed by atoms with Crippen LogP contribution in [0.25, 0.3) is 0 Å². The lowest BCUT2D eigenvalue weighted by Gasteiger charge is -2.04. The first kappa shape index (κ1) is 10.8. The number of rotatable bonds is 3. The van der Waals surface area contributed by atoms with Crippen molar-refractivity contribution in [3.05, 3.63) is 32.5 Å². The number of halogens is 3. The van der Waals surface area contributed by atoms with E-state index in [2.05, 4.69) is 20.7 Å². The van der Waals surface area contributed by atoms with E-state index in [4.69, 9.17) is 0 Å². The van der Waals surface area contributed by atoms with Gasteiger partial charge in [0.15, 0.2) is 0 Å². The van der Waals surface area contributed by atoms with Crippen LogP contribution in [0.5, 0.6) is 5.75 Å². The van der Waals surface area contributed by atoms with Crippen LogP contribution in [0.15, 0.2) is 16.6 Å². The van der Waals surface area contributed by atoms with Crippen molar-refractivity contribution in [3.63, 3.8) is 0 Å². The molecule has 0 amide bonds. The molecule has 0 saturated heterocycles. The summed E-state index contributed by atoms with van der Waals surface area (Å²) in [6.07, 6.45) is 0. The van der Waals surface area contributed by atoms with Crippen LogP contribution in [0.3, 0.4) is 0 Å². The third-order valence-electron chi connectivity index (χ3n) is 1.39. The number of ether oxygens (including phenoxy) is 1. The first-order chi connectivity index (χ1) is 6.56. The predicted molar refractivity (Wildman–Crippen MR) is 47.4 cm³/mol. The minimum Gasteiger partial charge on any atom is -0.461 e. The summed E-state index contributed by atoms with van der Waals surface area (Å²) in [6.45, 7) is -1.18. The first-order valence-corrected chi connectivity index (χ1v) is 4.17. The Hall–Kier alpha value is -1.24. The molecule has 0 aliphatic heterocycles. The monoisotopic (exact) mass is 267 g/mol. The summed E-state index contributed by atoms with van der Waals surface area (Å²) in [5, 5.41) is 10.4. The van der Waals surface area contributed by atoms with Crippen LogP contribution in [0, 0.1) is 15.9 Å². The van der Waals surface area contributed by atoms with E-state index in [1.807, 2.05) is 0 Å². The normalized spacial score (nSPS) is 9.93. The molecule has 0 aromatic heterocycles. The van der Waals surface area contributed by atoms with Gasteiger partial charge in [0.1, 0.15) is 16.0 Å². The zero-order chi connectivity index (χ0) is 10.7. The molecule has 0 atom stereocenters. The fourth-order valence-electron chi connectivity index (χ4n) is 0.847. The van der Waals surface area contributed by atoms with Crippen LogP contribution < -0.4 is 4.74 Å². The minimum atomic E-state index is -1.18. The van der Waals surface area contributed by atoms with Gasteiger partial charge < -0.3 is 4.74 Å². The highest BCUT2D eigenvalue weighted by Crippen LogP contribution is 2.35. The quantitative estimate of drug-likeness (QED) is 0.625. The van der Waals surface area contributed by atoms with Gasteiger partial charge in [-0.25, -0.2) is 8.78 Å². The van der Waals surface area contributed by atoms with Crippen LogP contribution in [0.2, 0.25) is 0 Å². The van der Waals surface area contributed by atoms with E-state index < -0.39 is 23.3 Å². The van der Waals surface area contributed by atoms with Crippen LogP contribution >= 0.6 is 15.9 Å². The van der Waals surface area contributed by atoms with Gasteiger partial charge in [-0.1, -0.05) is 0 Å². The van der Waals surface area contributed by atoms with Crippen molar-refractivity contribution < 1.29 is 18.4 Å². The first-order valence-electron chi connectivity index (χ1n) is 3.38. The van der Waals surface area contributed by atoms with Crippen molar-refractivity contribution in [1.29, 1.82) is 0 Å². The molecule has 0 spiro atoms. The Kier molecular flexibility index (Phi) is 3.34. The van der Waals surface area contributed by atoms with Gasteiger partial charge >= 0.3 is 0 Å². The predicted octanol–water partition coefficient (Wildman–Crippen LogP) is 2.80. The van der Waals surface area contributed by atoms with Crippen LogP contribution in [0.1, 0.15) is 0 Å². The number of alkyl halides is 1. The van der Waals surface area contributed by atoms with Crippen molar-refractivity contribution in [2.45, 2.75) is 0 Å². The van der Waals surface area contributed by atoms with Crippen LogP contribution in [-0.2, 0) is 0 Å². The van der Waals surface area contributed by atoms with Gasteiger partial charge in [0.05, 0.1) is 11.0 Å². The number of hydrogen-bond donors (Lipinski definition) is 0. The number of nitro benzene ring substituents is 1. The summed E-state index contributed by atoms with van der Waals surface area (Å²) in [7, 11) is 0. The lowest BCUT2D eigenvalue weighted by Crippen LogP contribution is -1.96. The SMILES string of the molecule is O=[N+]([O-])c1cc(F)cc(OCF)c1Br. The molecule has 0 aliphatic carbocycles. The molecule has 14 heavy (non-hydrogen) atoms. The topological polar surface area (TPSA) is 52.4 Å². The van der Waals surface area contributed by atoms with E-state index >= 15 is 0 Å². The van der Waals surface area contributed by atoms with Crippen LogP contribution in [-0.4, -0.2) is 11.8 Å². The Bertz CT molecular complexity index is 372. The molecule has 0 aliphatic rings. The molecule has 7 heteroatoms. The number of hydrogen-bond acceptors (Lipinski definition) is 3. The lowest BCUT2D eigenvalue weighted by atomic mass is 10.3. The summed E-state index contributed by atoms with van der Waals surface area (Å²) >= 11 is 2.82. The molecular weight excluding hydrogens is 264 g/mol. The van der Waals surface area contributed by atoms with Crippen molar-refractivity contribution in [2.24, 2.45) is 0 Å². The molecule has 0 bridgehead atoms. The molecule has 0 fully saturated rings. The molecule has 0 radical (unpaired) electrons. The second kappa shape index (κ2) is 4.32. The molecular formula is C7H4BrF2NO3. The van der Waals surface area contributed by atoms with E-state index in [0.29, 0.717) is 0 Å². The maximum Gasteiger partial charge on any atom is 0.290 e. The van der Waals surface area contributed by atoms with Gasteiger partial charge in [-0.2, -0.15) is 0 Å². The van der Waals surface area contributed by atoms with Crippen molar-refractivity contribution >= 4 is 21.6 Å². The molecule has 0 heterocycles. The molecule has 1 rings (SSSR count). The van der Waals surface area contributed by atoms with E-state index in [1.165, 1.54) is 0 Å². The number of benzene rings is 1. The molecule has 0 saturated carbocycles. The smallest absolute Gasteiger partial charge is 0.290 e. The zero-order valence-corrected chi connectivity index (χ0v) is 8.25. The highest BCUT2D eigenvalue weighted by atomic mass is 79.9. The maximum absolute atomic E-state index is 12.8. The van der Waals surface area contributed by atoms with Crippen LogP contribution in [0.4, 0.5) is 14.5 Å². The summed E-state index contributed by atoms with van der Waals surface area (Å²) in [6, 6.07) is 1.58. The number of nitrogens with zero attached hydrogens (tertiary/aromatic N) is 1. The van der Waals surface area contributed by atoms with Crippen molar-refractivity contribution in [3.8, 4) is 5.75 Å². The fourth-order valence-corrected chi connectivity index (χ4v) is 1.34. The lowest BCUT2D eigenvalue weighted by molar-refractivity contribution is -0.385. The van der Waals surface area contributed by atoms with E-state index in [1.54, 1.807) is 0 Å².